The first-order valence-corrected chi connectivity index (χ1v) is 5.95. The van der Waals surface area contributed by atoms with Crippen molar-refractivity contribution in [2.45, 2.75) is 12.8 Å². The molecule has 0 spiro atoms. The van der Waals surface area contributed by atoms with E-state index in [-0.39, 0.29) is 31.4 Å². The molecule has 6 nitrogen and oxygen atoms in total. The van der Waals surface area contributed by atoms with Gasteiger partial charge in [0.2, 0.25) is 11.8 Å². The molecule has 2 amide bonds. The first-order chi connectivity index (χ1) is 9.15. The number of amides is 2. The number of nitrogens with one attached hydrogen (secondary N) is 2. The molecule has 1 aromatic carbocycles. The summed E-state index contributed by atoms with van der Waals surface area (Å²) in [5.74, 6) is -0.430. The van der Waals surface area contributed by atoms with Crippen LogP contribution < -0.4 is 10.6 Å². The minimum Gasteiger partial charge on any atom is -0.396 e. The SMILES string of the molecule is COCC(=O)Nc1cccc(NC(=O)CCCO)c1. The van der Waals surface area contributed by atoms with Gasteiger partial charge in [-0.2, -0.15) is 0 Å². The highest BCUT2D eigenvalue weighted by Crippen LogP contribution is 2.15. The molecule has 1 aromatic rings. The Balaban J connectivity index is 2.56. The van der Waals surface area contributed by atoms with E-state index in [0.29, 0.717) is 17.8 Å². The first-order valence-electron chi connectivity index (χ1n) is 5.95. The number of anilines is 2. The smallest absolute Gasteiger partial charge is 0.250 e. The highest BCUT2D eigenvalue weighted by molar-refractivity contribution is 5.94. The average Bonchev–Trinajstić information content (AvgIpc) is 2.37. The average molecular weight is 266 g/mol. The second-order valence-electron chi connectivity index (χ2n) is 3.94. The van der Waals surface area contributed by atoms with Gasteiger partial charge in [0.25, 0.3) is 0 Å². The van der Waals surface area contributed by atoms with Gasteiger partial charge in [0, 0.05) is 31.5 Å². The zero-order valence-corrected chi connectivity index (χ0v) is 10.8. The van der Waals surface area contributed by atoms with E-state index in [9.17, 15) is 9.59 Å². The highest BCUT2D eigenvalue weighted by atomic mass is 16.5. The molecular weight excluding hydrogens is 248 g/mol. The monoisotopic (exact) mass is 266 g/mol. The largest absolute Gasteiger partial charge is 0.396 e. The molecule has 19 heavy (non-hydrogen) atoms. The van der Waals surface area contributed by atoms with Gasteiger partial charge in [-0.15, -0.1) is 0 Å². The minimum absolute atomic E-state index is 0.0134. The van der Waals surface area contributed by atoms with E-state index in [2.05, 4.69) is 10.6 Å². The van der Waals surface area contributed by atoms with Crippen LogP contribution in [0.25, 0.3) is 0 Å². The molecule has 0 fully saturated rings. The van der Waals surface area contributed by atoms with Gasteiger partial charge >= 0.3 is 0 Å². The third kappa shape index (κ3) is 5.98. The fourth-order valence-corrected chi connectivity index (χ4v) is 1.47. The number of benzene rings is 1. The van der Waals surface area contributed by atoms with Crippen molar-refractivity contribution in [2.75, 3.05) is 31.0 Å². The van der Waals surface area contributed by atoms with Crippen LogP contribution in [0, 0.1) is 0 Å². The topological polar surface area (TPSA) is 87.7 Å². The van der Waals surface area contributed by atoms with Gasteiger partial charge in [0.05, 0.1) is 0 Å². The normalized spacial score (nSPS) is 10.0. The number of hydrogen-bond donors (Lipinski definition) is 3. The van der Waals surface area contributed by atoms with E-state index in [1.807, 2.05) is 0 Å². The summed E-state index contributed by atoms with van der Waals surface area (Å²) in [5, 5.41) is 14.0. The van der Waals surface area contributed by atoms with Crippen LogP contribution in [0.2, 0.25) is 0 Å². The van der Waals surface area contributed by atoms with Crippen molar-refractivity contribution < 1.29 is 19.4 Å². The van der Waals surface area contributed by atoms with E-state index in [1.165, 1.54) is 7.11 Å². The summed E-state index contributed by atoms with van der Waals surface area (Å²) in [7, 11) is 1.44. The van der Waals surface area contributed by atoms with Crippen LogP contribution >= 0.6 is 0 Å². The molecule has 0 aliphatic heterocycles. The maximum atomic E-state index is 11.5. The van der Waals surface area contributed by atoms with E-state index < -0.39 is 0 Å². The number of aliphatic hydroxyl groups excluding tert-OH is 1. The molecule has 104 valence electrons. The van der Waals surface area contributed by atoms with Crippen LogP contribution in [0.1, 0.15) is 12.8 Å². The van der Waals surface area contributed by atoms with Crippen molar-refractivity contribution >= 4 is 23.2 Å². The molecule has 0 aromatic heterocycles. The fourth-order valence-electron chi connectivity index (χ4n) is 1.47. The van der Waals surface area contributed by atoms with Crippen LogP contribution in [-0.4, -0.2) is 37.2 Å². The van der Waals surface area contributed by atoms with Crippen LogP contribution in [0.5, 0.6) is 0 Å². The van der Waals surface area contributed by atoms with Crippen molar-refractivity contribution in [3.8, 4) is 0 Å². The minimum atomic E-state index is -0.258. The molecule has 0 unspecified atom stereocenters. The lowest BCUT2D eigenvalue weighted by atomic mass is 10.2. The number of aliphatic hydroxyl groups is 1. The maximum absolute atomic E-state index is 11.5. The molecule has 0 saturated heterocycles. The maximum Gasteiger partial charge on any atom is 0.250 e. The predicted octanol–water partition coefficient (Wildman–Crippen LogP) is 0.982. The van der Waals surface area contributed by atoms with Gasteiger partial charge in [-0.3, -0.25) is 9.59 Å². The van der Waals surface area contributed by atoms with Crippen molar-refractivity contribution in [1.29, 1.82) is 0 Å². The molecule has 0 aliphatic rings. The van der Waals surface area contributed by atoms with Gasteiger partial charge in [-0.1, -0.05) is 6.07 Å². The Morgan fingerprint density at radius 2 is 1.84 bits per heavy atom. The van der Waals surface area contributed by atoms with Gasteiger partial charge in [0.1, 0.15) is 6.61 Å². The molecule has 0 heterocycles. The second-order valence-corrected chi connectivity index (χ2v) is 3.94. The van der Waals surface area contributed by atoms with Crippen LogP contribution in [0.4, 0.5) is 11.4 Å². The van der Waals surface area contributed by atoms with Gasteiger partial charge < -0.3 is 20.5 Å². The van der Waals surface area contributed by atoms with E-state index >= 15 is 0 Å². The molecule has 6 heteroatoms. The molecule has 3 N–H and O–H groups in total. The summed E-state index contributed by atoms with van der Waals surface area (Å²) in [6, 6.07) is 6.83. The van der Waals surface area contributed by atoms with Crippen molar-refractivity contribution in [1.82, 2.24) is 0 Å². The number of hydrogen-bond acceptors (Lipinski definition) is 4. The number of ether oxygens (including phenoxy) is 1. The summed E-state index contributed by atoms with van der Waals surface area (Å²) in [6.45, 7) is -0.0341. The van der Waals surface area contributed by atoms with Gasteiger partial charge in [-0.25, -0.2) is 0 Å². The molecule has 0 atom stereocenters. The van der Waals surface area contributed by atoms with Crippen molar-refractivity contribution in [2.24, 2.45) is 0 Å². The van der Waals surface area contributed by atoms with Crippen molar-refractivity contribution in [3.63, 3.8) is 0 Å². The molecule has 0 radical (unpaired) electrons. The molecular formula is C13H18N2O4. The van der Waals surface area contributed by atoms with Gasteiger partial charge in [0.15, 0.2) is 0 Å². The lowest BCUT2D eigenvalue weighted by Crippen LogP contribution is -2.17. The molecule has 0 bridgehead atoms. The third-order valence-corrected chi connectivity index (χ3v) is 2.27. The van der Waals surface area contributed by atoms with Crippen LogP contribution in [0.15, 0.2) is 24.3 Å². The lowest BCUT2D eigenvalue weighted by Gasteiger charge is -2.08. The summed E-state index contributed by atoms with van der Waals surface area (Å²) < 4.78 is 4.71. The van der Waals surface area contributed by atoms with Gasteiger partial charge in [-0.05, 0) is 24.6 Å². The first kappa shape index (κ1) is 15.1. The van der Waals surface area contributed by atoms with Crippen LogP contribution in [-0.2, 0) is 14.3 Å². The zero-order valence-electron chi connectivity index (χ0n) is 10.8. The fraction of sp³-hybridized carbons (Fsp3) is 0.385. The zero-order chi connectivity index (χ0) is 14.1. The summed E-state index contributed by atoms with van der Waals surface area (Å²) >= 11 is 0. The Morgan fingerprint density at radius 1 is 1.21 bits per heavy atom. The lowest BCUT2D eigenvalue weighted by molar-refractivity contribution is -0.119. The van der Waals surface area contributed by atoms with E-state index in [1.54, 1.807) is 24.3 Å². The Labute approximate surface area is 111 Å². The second kappa shape index (κ2) is 8.23. The number of carbonyl (C=O) groups is 2. The Bertz CT molecular complexity index is 434. The Morgan fingerprint density at radius 3 is 2.42 bits per heavy atom. The van der Waals surface area contributed by atoms with E-state index in [4.69, 9.17) is 9.84 Å². The highest BCUT2D eigenvalue weighted by Gasteiger charge is 2.04. The Hall–Kier alpha value is -1.92. The van der Waals surface area contributed by atoms with E-state index in [0.717, 1.165) is 0 Å². The molecule has 1 rings (SSSR count). The summed E-state index contributed by atoms with van der Waals surface area (Å²) in [5.41, 5.74) is 1.18. The number of carbonyl (C=O) groups excluding carboxylic acids is 2. The number of methoxy groups -OCH3 is 1. The molecule has 0 saturated carbocycles. The Kier molecular flexibility index (Phi) is 6.56. The predicted molar refractivity (Wildman–Crippen MR) is 71.9 cm³/mol. The third-order valence-electron chi connectivity index (χ3n) is 2.27. The number of rotatable bonds is 7. The summed E-state index contributed by atoms with van der Waals surface area (Å²) in [4.78, 5) is 22.8. The van der Waals surface area contributed by atoms with Crippen molar-refractivity contribution in [3.05, 3.63) is 24.3 Å². The standard InChI is InChI=1S/C13H18N2O4/c1-19-9-13(18)15-11-5-2-4-10(8-11)14-12(17)6-3-7-16/h2,4-5,8,16H,3,6-7,9H2,1H3,(H,14,17)(H,15,18). The van der Waals surface area contributed by atoms with Crippen LogP contribution in [0.3, 0.4) is 0 Å². The molecule has 0 aliphatic carbocycles. The summed E-state index contributed by atoms with van der Waals surface area (Å²) in [6.07, 6.45) is 0.687. The quantitative estimate of drug-likeness (QED) is 0.686.